The average Bonchev–Trinajstić information content (AvgIpc) is 3.22. The predicted octanol–water partition coefficient (Wildman–Crippen LogP) is 5.12. The van der Waals surface area contributed by atoms with Gasteiger partial charge in [-0.2, -0.15) is 15.0 Å². The molecular weight excluding hydrogens is 408 g/mol. The summed E-state index contributed by atoms with van der Waals surface area (Å²) in [6.45, 7) is 4.10. The Morgan fingerprint density at radius 3 is 2.26 bits per heavy atom. The smallest absolute Gasteiger partial charge is 0.233 e. The molecule has 5 rings (SSSR count). The number of fused-ring (bicyclic) bond motifs is 2. The van der Waals surface area contributed by atoms with Gasteiger partial charge in [0, 0.05) is 22.5 Å². The van der Waals surface area contributed by atoms with E-state index < -0.39 is 0 Å². The van der Waals surface area contributed by atoms with E-state index in [1.807, 2.05) is 43.5 Å². The first-order chi connectivity index (χ1) is 15.1. The maximum Gasteiger partial charge on any atom is 0.233 e. The number of imidazole rings is 1. The molecule has 0 unspecified atom stereocenters. The van der Waals surface area contributed by atoms with E-state index in [0.29, 0.717) is 17.1 Å². The van der Waals surface area contributed by atoms with Crippen LogP contribution >= 0.6 is 11.8 Å². The van der Waals surface area contributed by atoms with Gasteiger partial charge in [0.1, 0.15) is 0 Å². The lowest BCUT2D eigenvalue weighted by Gasteiger charge is -2.11. The van der Waals surface area contributed by atoms with Crippen molar-refractivity contribution in [1.82, 2.24) is 29.9 Å². The van der Waals surface area contributed by atoms with Crippen molar-refractivity contribution >= 4 is 57.0 Å². The number of nitrogens with one attached hydrogen (secondary N) is 3. The molecule has 2 aromatic carbocycles. The molecule has 0 radical (unpaired) electrons. The fourth-order valence-corrected chi connectivity index (χ4v) is 3.83. The molecule has 0 saturated carbocycles. The molecule has 3 aromatic heterocycles. The molecule has 8 nitrogen and oxygen atoms in total. The van der Waals surface area contributed by atoms with E-state index in [1.165, 1.54) is 17.3 Å². The minimum absolute atomic E-state index is 0.468. The lowest BCUT2D eigenvalue weighted by molar-refractivity contribution is 0.923. The molecule has 0 aliphatic carbocycles. The summed E-state index contributed by atoms with van der Waals surface area (Å²) >= 11 is 1.46. The van der Waals surface area contributed by atoms with E-state index in [-0.39, 0.29) is 0 Å². The molecular formula is C22H20N8S. The minimum Gasteiger partial charge on any atom is -0.345 e. The topological polar surface area (TPSA) is 104 Å². The standard InChI is InChI=1S/C22H20N8S/c1-12-8-13(2)25-17-6-4-14(9-16(12)17)26-20-28-21(30-22(29-20)31-3)27-15-5-7-18-19(10-15)24-11-23-18/h4-11H,1-3H3,(H,23,24)(H2,26,27,28,29,30). The summed E-state index contributed by atoms with van der Waals surface area (Å²) in [5.41, 5.74) is 6.77. The molecule has 0 fully saturated rings. The van der Waals surface area contributed by atoms with Crippen LogP contribution in [0.4, 0.5) is 23.3 Å². The first-order valence-electron chi connectivity index (χ1n) is 9.73. The van der Waals surface area contributed by atoms with E-state index in [2.05, 4.69) is 59.6 Å². The van der Waals surface area contributed by atoms with Crippen molar-refractivity contribution in [3.63, 3.8) is 0 Å². The quantitative estimate of drug-likeness (QED) is 0.331. The highest BCUT2D eigenvalue weighted by Gasteiger charge is 2.09. The van der Waals surface area contributed by atoms with Gasteiger partial charge in [0.05, 0.1) is 22.9 Å². The van der Waals surface area contributed by atoms with Gasteiger partial charge in [0.2, 0.25) is 11.9 Å². The van der Waals surface area contributed by atoms with Crippen molar-refractivity contribution in [3.8, 4) is 0 Å². The molecule has 0 bridgehead atoms. The summed E-state index contributed by atoms with van der Waals surface area (Å²) in [6, 6.07) is 14.0. The number of hydrogen-bond acceptors (Lipinski definition) is 8. The fourth-order valence-electron chi connectivity index (χ4n) is 3.47. The maximum atomic E-state index is 4.60. The Balaban J connectivity index is 1.45. The van der Waals surface area contributed by atoms with Gasteiger partial charge in [0.15, 0.2) is 5.16 Å². The molecule has 0 amide bonds. The maximum absolute atomic E-state index is 4.60. The summed E-state index contributed by atoms with van der Waals surface area (Å²) in [7, 11) is 0. The second-order valence-electron chi connectivity index (χ2n) is 7.17. The van der Waals surface area contributed by atoms with Crippen LogP contribution in [0, 0.1) is 13.8 Å². The van der Waals surface area contributed by atoms with Crippen LogP contribution < -0.4 is 10.6 Å². The Morgan fingerprint density at radius 2 is 1.52 bits per heavy atom. The zero-order valence-electron chi connectivity index (χ0n) is 17.3. The number of aryl methyl sites for hydroxylation is 2. The summed E-state index contributed by atoms with van der Waals surface area (Å²) in [5.74, 6) is 0.941. The van der Waals surface area contributed by atoms with Gasteiger partial charge in [-0.25, -0.2) is 4.98 Å². The van der Waals surface area contributed by atoms with Crippen LogP contribution in [0.1, 0.15) is 11.3 Å². The molecule has 0 aliphatic rings. The molecule has 3 heterocycles. The highest BCUT2D eigenvalue weighted by molar-refractivity contribution is 7.98. The van der Waals surface area contributed by atoms with E-state index in [4.69, 9.17) is 0 Å². The van der Waals surface area contributed by atoms with Crippen LogP contribution in [-0.4, -0.2) is 36.2 Å². The average molecular weight is 429 g/mol. The van der Waals surface area contributed by atoms with E-state index in [9.17, 15) is 0 Å². The largest absolute Gasteiger partial charge is 0.345 e. The van der Waals surface area contributed by atoms with Gasteiger partial charge in [-0.3, -0.25) is 4.98 Å². The SMILES string of the molecule is CSc1nc(Nc2ccc3nc[nH]c3c2)nc(Nc2ccc3nc(C)cc(C)c3c2)n1. The van der Waals surface area contributed by atoms with Crippen molar-refractivity contribution in [2.45, 2.75) is 19.0 Å². The number of rotatable bonds is 5. The third-order valence-electron chi connectivity index (χ3n) is 4.87. The Hall–Kier alpha value is -3.72. The third-order valence-corrected chi connectivity index (χ3v) is 5.42. The first kappa shape index (κ1) is 19.3. The first-order valence-corrected chi connectivity index (χ1v) is 10.9. The third kappa shape index (κ3) is 3.99. The van der Waals surface area contributed by atoms with E-state index in [1.54, 1.807) is 6.33 Å². The number of H-pyrrole nitrogens is 1. The number of aromatic amines is 1. The van der Waals surface area contributed by atoms with Gasteiger partial charge < -0.3 is 15.6 Å². The lowest BCUT2D eigenvalue weighted by atomic mass is 10.1. The molecule has 9 heteroatoms. The van der Waals surface area contributed by atoms with Crippen molar-refractivity contribution in [2.24, 2.45) is 0 Å². The number of pyridine rings is 1. The van der Waals surface area contributed by atoms with Crippen LogP contribution in [-0.2, 0) is 0 Å². The molecule has 0 aliphatic heterocycles. The number of anilines is 4. The molecule has 0 spiro atoms. The molecule has 31 heavy (non-hydrogen) atoms. The van der Waals surface area contributed by atoms with E-state index in [0.717, 1.165) is 39.0 Å². The van der Waals surface area contributed by atoms with Gasteiger partial charge in [-0.1, -0.05) is 11.8 Å². The van der Waals surface area contributed by atoms with Gasteiger partial charge in [-0.15, -0.1) is 0 Å². The molecule has 5 aromatic rings. The number of aromatic nitrogens is 6. The Morgan fingerprint density at radius 1 is 0.806 bits per heavy atom. The highest BCUT2D eigenvalue weighted by Crippen LogP contribution is 2.25. The number of nitrogens with zero attached hydrogens (tertiary/aromatic N) is 5. The van der Waals surface area contributed by atoms with Crippen LogP contribution in [0.15, 0.2) is 53.9 Å². The van der Waals surface area contributed by atoms with Crippen LogP contribution in [0.2, 0.25) is 0 Å². The monoisotopic (exact) mass is 428 g/mol. The minimum atomic E-state index is 0.468. The molecule has 0 atom stereocenters. The van der Waals surface area contributed by atoms with Crippen LogP contribution in [0.5, 0.6) is 0 Å². The van der Waals surface area contributed by atoms with Crippen LogP contribution in [0.25, 0.3) is 21.9 Å². The number of benzene rings is 2. The lowest BCUT2D eigenvalue weighted by Crippen LogP contribution is -2.05. The van der Waals surface area contributed by atoms with Gasteiger partial charge >= 0.3 is 0 Å². The molecule has 3 N–H and O–H groups in total. The molecule has 154 valence electrons. The molecule has 0 saturated heterocycles. The second-order valence-corrected chi connectivity index (χ2v) is 7.94. The summed E-state index contributed by atoms with van der Waals surface area (Å²) < 4.78 is 0. The van der Waals surface area contributed by atoms with Crippen molar-refractivity contribution < 1.29 is 0 Å². The van der Waals surface area contributed by atoms with Crippen molar-refractivity contribution in [3.05, 3.63) is 60.0 Å². The van der Waals surface area contributed by atoms with Gasteiger partial charge in [0.25, 0.3) is 0 Å². The normalized spacial score (nSPS) is 11.2. The fraction of sp³-hybridized carbons (Fsp3) is 0.136. The van der Waals surface area contributed by atoms with Crippen LogP contribution in [0.3, 0.4) is 0 Å². The Labute approximate surface area is 183 Å². The number of thioether (sulfide) groups is 1. The summed E-state index contributed by atoms with van der Waals surface area (Å²) in [4.78, 5) is 25.5. The zero-order chi connectivity index (χ0) is 21.4. The van der Waals surface area contributed by atoms with Crippen molar-refractivity contribution in [1.29, 1.82) is 0 Å². The highest BCUT2D eigenvalue weighted by atomic mass is 32.2. The second kappa shape index (κ2) is 7.84. The zero-order valence-corrected chi connectivity index (χ0v) is 18.1. The summed E-state index contributed by atoms with van der Waals surface area (Å²) in [6.07, 6.45) is 3.61. The number of hydrogen-bond donors (Lipinski definition) is 3. The predicted molar refractivity (Wildman–Crippen MR) is 125 cm³/mol. The summed E-state index contributed by atoms with van der Waals surface area (Å²) in [5, 5.41) is 8.28. The Kier molecular flexibility index (Phi) is 4.87. The van der Waals surface area contributed by atoms with Crippen molar-refractivity contribution in [2.75, 3.05) is 16.9 Å². The Bertz CT molecular complexity index is 1410. The van der Waals surface area contributed by atoms with Gasteiger partial charge in [-0.05, 0) is 68.1 Å². The van der Waals surface area contributed by atoms with E-state index >= 15 is 0 Å².